The van der Waals surface area contributed by atoms with E-state index in [0.717, 1.165) is 54.0 Å². The van der Waals surface area contributed by atoms with Crippen molar-refractivity contribution in [2.75, 3.05) is 12.4 Å². The lowest BCUT2D eigenvalue weighted by Gasteiger charge is -2.28. The summed E-state index contributed by atoms with van der Waals surface area (Å²) in [7, 11) is 1.65. The van der Waals surface area contributed by atoms with Crippen molar-refractivity contribution >= 4 is 22.9 Å². The Kier molecular flexibility index (Phi) is 5.46. The smallest absolute Gasteiger partial charge is 0.223 e. The Morgan fingerprint density at radius 3 is 2.57 bits per heavy atom. The Morgan fingerprint density at radius 2 is 1.86 bits per heavy atom. The monoisotopic (exact) mass is 378 g/mol. The summed E-state index contributed by atoms with van der Waals surface area (Å²) < 4.78 is 5.16. The molecule has 2 aromatic carbocycles. The van der Waals surface area contributed by atoms with Gasteiger partial charge < -0.3 is 20.4 Å². The number of aromatic nitrogens is 2. The van der Waals surface area contributed by atoms with E-state index in [0.29, 0.717) is 12.6 Å². The number of aromatic amines is 1. The first kappa shape index (κ1) is 18.3. The number of imidazole rings is 1. The van der Waals surface area contributed by atoms with Crippen LogP contribution in [-0.2, 0) is 11.3 Å². The van der Waals surface area contributed by atoms with Gasteiger partial charge in [-0.2, -0.15) is 0 Å². The Balaban J connectivity index is 1.24. The van der Waals surface area contributed by atoms with E-state index in [9.17, 15) is 4.79 Å². The fourth-order valence-electron chi connectivity index (χ4n) is 3.79. The molecule has 4 rings (SSSR count). The summed E-state index contributed by atoms with van der Waals surface area (Å²) in [5, 5.41) is 6.56. The third-order valence-corrected chi connectivity index (χ3v) is 5.45. The standard InChI is InChI=1S/C22H26N4O2/c1-28-18-12-6-15(7-13-18)14-23-21(27)16-8-10-17(11-9-16)24-22-25-19-4-2-3-5-20(19)26-22/h2-7,12-13,16-17H,8-11,14H2,1H3,(H,23,27)(H2,24,25,26)/t16-,17-. The summed E-state index contributed by atoms with van der Waals surface area (Å²) >= 11 is 0. The molecule has 1 heterocycles. The quantitative estimate of drug-likeness (QED) is 0.609. The van der Waals surface area contributed by atoms with E-state index in [1.165, 1.54) is 0 Å². The van der Waals surface area contributed by atoms with Gasteiger partial charge in [0.25, 0.3) is 0 Å². The molecule has 1 aromatic heterocycles. The van der Waals surface area contributed by atoms with Crippen LogP contribution >= 0.6 is 0 Å². The second kappa shape index (κ2) is 8.33. The number of fused-ring (bicyclic) bond motifs is 1. The van der Waals surface area contributed by atoms with Crippen LogP contribution in [0.2, 0.25) is 0 Å². The average Bonchev–Trinajstić information content (AvgIpc) is 3.15. The van der Waals surface area contributed by atoms with Gasteiger partial charge in [-0.05, 0) is 55.5 Å². The summed E-state index contributed by atoms with van der Waals surface area (Å²) in [5.41, 5.74) is 3.09. The molecule has 0 atom stereocenters. The molecule has 0 aliphatic heterocycles. The van der Waals surface area contributed by atoms with Crippen LogP contribution < -0.4 is 15.4 Å². The lowest BCUT2D eigenvalue weighted by Crippen LogP contribution is -2.35. The maximum atomic E-state index is 12.5. The third-order valence-electron chi connectivity index (χ3n) is 5.45. The third kappa shape index (κ3) is 4.27. The molecule has 6 heteroatoms. The van der Waals surface area contributed by atoms with Crippen molar-refractivity contribution in [3.8, 4) is 5.75 Å². The highest BCUT2D eigenvalue weighted by molar-refractivity contribution is 5.79. The largest absolute Gasteiger partial charge is 0.497 e. The van der Waals surface area contributed by atoms with Gasteiger partial charge in [0, 0.05) is 18.5 Å². The SMILES string of the molecule is COc1ccc(CNC(=O)[C@H]2CC[C@H](Nc3nc4ccccc4[nH]3)CC2)cc1. The molecule has 0 bridgehead atoms. The molecule has 0 saturated heterocycles. The van der Waals surface area contributed by atoms with Crippen LogP contribution in [-0.4, -0.2) is 29.0 Å². The van der Waals surface area contributed by atoms with Gasteiger partial charge in [-0.3, -0.25) is 4.79 Å². The molecule has 0 spiro atoms. The van der Waals surface area contributed by atoms with E-state index in [1.807, 2.05) is 48.5 Å². The lowest BCUT2D eigenvalue weighted by atomic mass is 9.85. The Labute approximate surface area is 164 Å². The molecule has 1 saturated carbocycles. The molecule has 3 aromatic rings. The number of benzene rings is 2. The number of carbonyl (C=O) groups excluding carboxylic acids is 1. The summed E-state index contributed by atoms with van der Waals surface area (Å²) in [4.78, 5) is 20.4. The van der Waals surface area contributed by atoms with Crippen molar-refractivity contribution in [1.29, 1.82) is 0 Å². The van der Waals surface area contributed by atoms with Crippen LogP contribution in [0.5, 0.6) is 5.75 Å². The number of carbonyl (C=O) groups is 1. The summed E-state index contributed by atoms with van der Waals surface area (Å²) in [6, 6.07) is 16.2. The van der Waals surface area contributed by atoms with Crippen molar-refractivity contribution < 1.29 is 9.53 Å². The zero-order chi connectivity index (χ0) is 19.3. The van der Waals surface area contributed by atoms with Gasteiger partial charge in [0.1, 0.15) is 5.75 Å². The zero-order valence-corrected chi connectivity index (χ0v) is 16.1. The highest BCUT2D eigenvalue weighted by Gasteiger charge is 2.26. The first-order valence-electron chi connectivity index (χ1n) is 9.83. The Morgan fingerprint density at radius 1 is 1.11 bits per heavy atom. The fraction of sp³-hybridized carbons (Fsp3) is 0.364. The van der Waals surface area contributed by atoms with E-state index in [4.69, 9.17) is 4.74 Å². The highest BCUT2D eigenvalue weighted by atomic mass is 16.5. The van der Waals surface area contributed by atoms with Gasteiger partial charge in [0.05, 0.1) is 18.1 Å². The van der Waals surface area contributed by atoms with Crippen LogP contribution in [0, 0.1) is 5.92 Å². The minimum atomic E-state index is 0.0898. The van der Waals surface area contributed by atoms with E-state index in [-0.39, 0.29) is 11.8 Å². The second-order valence-corrected chi connectivity index (χ2v) is 7.36. The molecular weight excluding hydrogens is 352 g/mol. The first-order valence-corrected chi connectivity index (χ1v) is 9.83. The van der Waals surface area contributed by atoms with E-state index in [1.54, 1.807) is 7.11 Å². The average molecular weight is 378 g/mol. The van der Waals surface area contributed by atoms with Crippen LogP contribution in [0.3, 0.4) is 0 Å². The van der Waals surface area contributed by atoms with Gasteiger partial charge in [0.2, 0.25) is 11.9 Å². The van der Waals surface area contributed by atoms with Crippen LogP contribution in [0.25, 0.3) is 11.0 Å². The van der Waals surface area contributed by atoms with Crippen LogP contribution in [0.4, 0.5) is 5.95 Å². The first-order chi connectivity index (χ1) is 13.7. The van der Waals surface area contributed by atoms with Crippen molar-refractivity contribution in [2.24, 2.45) is 5.92 Å². The Hall–Kier alpha value is -3.02. The number of hydrogen-bond acceptors (Lipinski definition) is 4. The molecular formula is C22H26N4O2. The fourth-order valence-corrected chi connectivity index (χ4v) is 3.79. The summed E-state index contributed by atoms with van der Waals surface area (Å²) in [6.07, 6.45) is 3.73. The molecule has 1 aliphatic carbocycles. The maximum absolute atomic E-state index is 12.5. The number of nitrogens with one attached hydrogen (secondary N) is 3. The van der Waals surface area contributed by atoms with E-state index >= 15 is 0 Å². The molecule has 28 heavy (non-hydrogen) atoms. The zero-order valence-electron chi connectivity index (χ0n) is 16.1. The molecule has 6 nitrogen and oxygen atoms in total. The minimum Gasteiger partial charge on any atom is -0.497 e. The lowest BCUT2D eigenvalue weighted by molar-refractivity contribution is -0.126. The maximum Gasteiger partial charge on any atom is 0.223 e. The van der Waals surface area contributed by atoms with Gasteiger partial charge >= 0.3 is 0 Å². The van der Waals surface area contributed by atoms with Crippen LogP contribution in [0.1, 0.15) is 31.2 Å². The molecule has 0 radical (unpaired) electrons. The molecule has 1 fully saturated rings. The molecule has 1 aliphatic rings. The normalized spacial score (nSPS) is 19.3. The number of ether oxygens (including phenoxy) is 1. The van der Waals surface area contributed by atoms with Crippen molar-refractivity contribution in [3.63, 3.8) is 0 Å². The molecule has 146 valence electrons. The number of methoxy groups -OCH3 is 1. The predicted octanol–water partition coefficient (Wildman–Crippen LogP) is 3.86. The van der Waals surface area contributed by atoms with Crippen molar-refractivity contribution in [3.05, 3.63) is 54.1 Å². The number of H-pyrrole nitrogens is 1. The van der Waals surface area contributed by atoms with Crippen molar-refractivity contribution in [2.45, 2.75) is 38.3 Å². The number of hydrogen-bond donors (Lipinski definition) is 3. The van der Waals surface area contributed by atoms with Crippen molar-refractivity contribution in [1.82, 2.24) is 15.3 Å². The summed E-state index contributed by atoms with van der Waals surface area (Å²) in [5.74, 6) is 1.88. The molecule has 0 unspecified atom stereocenters. The molecule has 1 amide bonds. The number of amides is 1. The van der Waals surface area contributed by atoms with Gasteiger partial charge in [-0.15, -0.1) is 0 Å². The predicted molar refractivity (Wildman–Crippen MR) is 110 cm³/mol. The van der Waals surface area contributed by atoms with E-state index < -0.39 is 0 Å². The second-order valence-electron chi connectivity index (χ2n) is 7.36. The summed E-state index contributed by atoms with van der Waals surface area (Å²) in [6.45, 7) is 0.556. The van der Waals surface area contributed by atoms with Gasteiger partial charge in [0.15, 0.2) is 0 Å². The van der Waals surface area contributed by atoms with Gasteiger partial charge in [-0.25, -0.2) is 4.98 Å². The minimum absolute atomic E-state index is 0.0898. The number of anilines is 1. The number of para-hydroxylation sites is 2. The number of nitrogens with zero attached hydrogens (tertiary/aromatic N) is 1. The number of rotatable bonds is 6. The van der Waals surface area contributed by atoms with Crippen LogP contribution in [0.15, 0.2) is 48.5 Å². The topological polar surface area (TPSA) is 79.0 Å². The highest BCUT2D eigenvalue weighted by Crippen LogP contribution is 2.27. The van der Waals surface area contributed by atoms with Gasteiger partial charge in [-0.1, -0.05) is 24.3 Å². The Bertz CT molecular complexity index is 894. The molecule has 3 N–H and O–H groups in total. The van der Waals surface area contributed by atoms with E-state index in [2.05, 4.69) is 20.6 Å².